The van der Waals surface area contributed by atoms with Gasteiger partial charge < -0.3 is 15.4 Å². The molecule has 0 aliphatic heterocycles. The number of nitrogens with zero attached hydrogens (tertiary/aromatic N) is 2. The first-order valence-electron chi connectivity index (χ1n) is 5.57. The van der Waals surface area contributed by atoms with Crippen LogP contribution in [0.5, 0.6) is 0 Å². The Kier molecular flexibility index (Phi) is 5.22. The third-order valence-corrected chi connectivity index (χ3v) is 2.51. The molecule has 0 unspecified atom stereocenters. The Morgan fingerprint density at radius 2 is 2.31 bits per heavy atom. The fourth-order valence-corrected chi connectivity index (χ4v) is 1.64. The Labute approximate surface area is 97.4 Å². The first-order valence-corrected chi connectivity index (χ1v) is 5.57. The van der Waals surface area contributed by atoms with Crippen LogP contribution >= 0.6 is 0 Å². The van der Waals surface area contributed by atoms with Crippen molar-refractivity contribution in [2.45, 2.75) is 19.4 Å². The number of methoxy groups -OCH3 is 1. The molecule has 4 nitrogen and oxygen atoms in total. The molecule has 0 saturated heterocycles. The number of ether oxygens (including phenoxy) is 1. The highest BCUT2D eigenvalue weighted by molar-refractivity contribution is 5.47. The molecule has 0 amide bonds. The van der Waals surface area contributed by atoms with Crippen LogP contribution in [0.1, 0.15) is 24.9 Å². The van der Waals surface area contributed by atoms with Gasteiger partial charge in [0.15, 0.2) is 0 Å². The van der Waals surface area contributed by atoms with E-state index in [1.807, 2.05) is 26.1 Å². The van der Waals surface area contributed by atoms with E-state index in [9.17, 15) is 0 Å². The molecule has 1 heterocycles. The lowest BCUT2D eigenvalue weighted by Crippen LogP contribution is -2.23. The van der Waals surface area contributed by atoms with Gasteiger partial charge in [-0.2, -0.15) is 0 Å². The highest BCUT2D eigenvalue weighted by Gasteiger charge is 2.10. The standard InChI is InChI=1S/C12H21N3O/c1-10(13)11-6-4-7-14-12(11)15(2)8-5-9-16-3/h4,6-7,10H,5,8-9,13H2,1-3H3/t10-/m0/s1. The first-order chi connectivity index (χ1) is 7.66. The molecule has 1 aromatic rings. The summed E-state index contributed by atoms with van der Waals surface area (Å²) in [5.74, 6) is 0.966. The van der Waals surface area contributed by atoms with Gasteiger partial charge in [0.2, 0.25) is 0 Å². The van der Waals surface area contributed by atoms with Gasteiger partial charge in [-0.15, -0.1) is 0 Å². The van der Waals surface area contributed by atoms with Gasteiger partial charge in [0, 0.05) is 45.1 Å². The van der Waals surface area contributed by atoms with Crippen LogP contribution in [0.4, 0.5) is 5.82 Å². The molecule has 1 atom stereocenters. The number of hydrogen-bond acceptors (Lipinski definition) is 4. The zero-order valence-electron chi connectivity index (χ0n) is 10.3. The van der Waals surface area contributed by atoms with Crippen molar-refractivity contribution in [3.8, 4) is 0 Å². The van der Waals surface area contributed by atoms with Crippen molar-refractivity contribution in [1.29, 1.82) is 0 Å². The highest BCUT2D eigenvalue weighted by Crippen LogP contribution is 2.21. The lowest BCUT2D eigenvalue weighted by Gasteiger charge is -2.22. The summed E-state index contributed by atoms with van der Waals surface area (Å²) in [4.78, 5) is 6.51. The molecule has 0 fully saturated rings. The maximum absolute atomic E-state index is 5.92. The molecule has 0 aromatic carbocycles. The average molecular weight is 223 g/mol. The molecular weight excluding hydrogens is 202 g/mol. The highest BCUT2D eigenvalue weighted by atomic mass is 16.5. The van der Waals surface area contributed by atoms with E-state index in [1.165, 1.54) is 0 Å². The molecule has 16 heavy (non-hydrogen) atoms. The maximum Gasteiger partial charge on any atom is 0.133 e. The molecule has 2 N–H and O–H groups in total. The summed E-state index contributed by atoms with van der Waals surface area (Å²) in [6.45, 7) is 3.67. The van der Waals surface area contributed by atoms with Gasteiger partial charge in [-0.25, -0.2) is 4.98 Å². The zero-order chi connectivity index (χ0) is 12.0. The van der Waals surface area contributed by atoms with Crippen LogP contribution in [-0.4, -0.2) is 32.3 Å². The predicted molar refractivity (Wildman–Crippen MR) is 66.6 cm³/mol. The Morgan fingerprint density at radius 3 is 2.94 bits per heavy atom. The molecule has 0 aliphatic carbocycles. The molecule has 1 aromatic heterocycles. The second-order valence-corrected chi connectivity index (χ2v) is 3.97. The summed E-state index contributed by atoms with van der Waals surface area (Å²) in [5.41, 5.74) is 7.00. The molecule has 0 aliphatic rings. The molecular formula is C12H21N3O. The Morgan fingerprint density at radius 1 is 1.56 bits per heavy atom. The van der Waals surface area contributed by atoms with Crippen molar-refractivity contribution in [1.82, 2.24) is 4.98 Å². The molecule has 1 rings (SSSR count). The lowest BCUT2D eigenvalue weighted by molar-refractivity contribution is 0.196. The van der Waals surface area contributed by atoms with E-state index in [-0.39, 0.29) is 6.04 Å². The SMILES string of the molecule is COCCCN(C)c1ncccc1[C@H](C)N. The number of hydrogen-bond donors (Lipinski definition) is 1. The molecule has 90 valence electrons. The van der Waals surface area contributed by atoms with Crippen molar-refractivity contribution in [2.75, 3.05) is 32.2 Å². The van der Waals surface area contributed by atoms with E-state index in [0.29, 0.717) is 0 Å². The molecule has 0 saturated carbocycles. The predicted octanol–water partition coefficient (Wildman–Crippen LogP) is 1.57. The second kappa shape index (κ2) is 6.45. The van der Waals surface area contributed by atoms with Crippen LogP contribution in [0, 0.1) is 0 Å². The lowest BCUT2D eigenvalue weighted by atomic mass is 10.1. The monoisotopic (exact) mass is 223 g/mol. The minimum atomic E-state index is 0.00794. The third-order valence-electron chi connectivity index (χ3n) is 2.51. The van der Waals surface area contributed by atoms with E-state index in [4.69, 9.17) is 10.5 Å². The van der Waals surface area contributed by atoms with Crippen molar-refractivity contribution in [3.63, 3.8) is 0 Å². The molecule has 4 heteroatoms. The number of anilines is 1. The Bertz CT molecular complexity index is 315. The summed E-state index contributed by atoms with van der Waals surface area (Å²) in [7, 11) is 3.75. The number of nitrogens with two attached hydrogens (primary N) is 1. The average Bonchev–Trinajstić information content (AvgIpc) is 2.29. The minimum Gasteiger partial charge on any atom is -0.385 e. The van der Waals surface area contributed by atoms with Gasteiger partial charge in [-0.1, -0.05) is 6.07 Å². The maximum atomic E-state index is 5.92. The topological polar surface area (TPSA) is 51.4 Å². The fraction of sp³-hybridized carbons (Fsp3) is 0.583. The van der Waals surface area contributed by atoms with Crippen molar-refractivity contribution < 1.29 is 4.74 Å². The van der Waals surface area contributed by atoms with Crippen molar-refractivity contribution >= 4 is 5.82 Å². The summed E-state index contributed by atoms with van der Waals surface area (Å²) in [6.07, 6.45) is 2.79. The summed E-state index contributed by atoms with van der Waals surface area (Å²) < 4.78 is 5.03. The van der Waals surface area contributed by atoms with Crippen LogP contribution in [0.3, 0.4) is 0 Å². The van der Waals surface area contributed by atoms with E-state index >= 15 is 0 Å². The Balaban J connectivity index is 2.70. The van der Waals surface area contributed by atoms with Crippen LogP contribution in [0.25, 0.3) is 0 Å². The summed E-state index contributed by atoms with van der Waals surface area (Å²) >= 11 is 0. The number of rotatable bonds is 6. The first kappa shape index (κ1) is 12.9. The van der Waals surface area contributed by atoms with Crippen molar-refractivity contribution in [3.05, 3.63) is 23.9 Å². The van der Waals surface area contributed by atoms with Crippen molar-refractivity contribution in [2.24, 2.45) is 5.73 Å². The van der Waals surface area contributed by atoms with E-state index in [2.05, 4.69) is 9.88 Å². The quantitative estimate of drug-likeness (QED) is 0.744. The Hall–Kier alpha value is -1.13. The molecule has 0 radical (unpaired) electrons. The normalized spacial score (nSPS) is 12.5. The fourth-order valence-electron chi connectivity index (χ4n) is 1.64. The number of aromatic nitrogens is 1. The van der Waals surface area contributed by atoms with Gasteiger partial charge >= 0.3 is 0 Å². The second-order valence-electron chi connectivity index (χ2n) is 3.97. The summed E-state index contributed by atoms with van der Waals surface area (Å²) in [6, 6.07) is 3.96. The molecule has 0 spiro atoms. The largest absolute Gasteiger partial charge is 0.385 e. The smallest absolute Gasteiger partial charge is 0.133 e. The van der Waals surface area contributed by atoms with Gasteiger partial charge in [-0.3, -0.25) is 0 Å². The minimum absolute atomic E-state index is 0.00794. The van der Waals surface area contributed by atoms with E-state index in [0.717, 1.165) is 31.0 Å². The zero-order valence-corrected chi connectivity index (χ0v) is 10.3. The summed E-state index contributed by atoms with van der Waals surface area (Å²) in [5, 5.41) is 0. The number of pyridine rings is 1. The van der Waals surface area contributed by atoms with Gasteiger partial charge in [-0.05, 0) is 19.4 Å². The molecule has 0 bridgehead atoms. The van der Waals surface area contributed by atoms with E-state index in [1.54, 1.807) is 13.3 Å². The van der Waals surface area contributed by atoms with Crippen LogP contribution in [-0.2, 0) is 4.74 Å². The van der Waals surface area contributed by atoms with Gasteiger partial charge in [0.25, 0.3) is 0 Å². The van der Waals surface area contributed by atoms with Crippen LogP contribution in [0.15, 0.2) is 18.3 Å². The third kappa shape index (κ3) is 3.47. The van der Waals surface area contributed by atoms with Crippen LogP contribution in [0.2, 0.25) is 0 Å². The van der Waals surface area contributed by atoms with E-state index < -0.39 is 0 Å². The van der Waals surface area contributed by atoms with Gasteiger partial charge in [0.05, 0.1) is 0 Å². The van der Waals surface area contributed by atoms with Crippen LogP contribution < -0.4 is 10.6 Å². The van der Waals surface area contributed by atoms with Gasteiger partial charge in [0.1, 0.15) is 5.82 Å².